The second-order valence-electron chi connectivity index (χ2n) is 3.33. The van der Waals surface area contributed by atoms with Crippen molar-refractivity contribution in [1.82, 2.24) is 5.32 Å². The van der Waals surface area contributed by atoms with Crippen molar-refractivity contribution in [1.29, 1.82) is 0 Å². The van der Waals surface area contributed by atoms with E-state index in [1.54, 1.807) is 0 Å². The van der Waals surface area contributed by atoms with E-state index in [4.69, 9.17) is 9.84 Å². The molecule has 3 heteroatoms. The minimum absolute atomic E-state index is 0.0987. The third-order valence-corrected chi connectivity index (χ3v) is 2.34. The molecule has 0 aromatic carbocycles. The molecule has 12 heavy (non-hydrogen) atoms. The average Bonchev–Trinajstić information content (AvgIpc) is 2.59. The number of rotatable bonds is 5. The van der Waals surface area contributed by atoms with Gasteiger partial charge in [-0.05, 0) is 6.42 Å². The second-order valence-corrected chi connectivity index (χ2v) is 3.33. The number of ether oxygens (including phenoxy) is 1. The fourth-order valence-electron chi connectivity index (χ4n) is 1.55. The van der Waals surface area contributed by atoms with E-state index in [-0.39, 0.29) is 18.8 Å². The molecule has 2 unspecified atom stereocenters. The summed E-state index contributed by atoms with van der Waals surface area (Å²) < 4.78 is 5.43. The van der Waals surface area contributed by atoms with Crippen molar-refractivity contribution in [3.63, 3.8) is 0 Å². The van der Waals surface area contributed by atoms with Crippen LogP contribution in [0.15, 0.2) is 0 Å². The van der Waals surface area contributed by atoms with Crippen LogP contribution in [0.5, 0.6) is 0 Å². The van der Waals surface area contributed by atoms with Crippen LogP contribution in [0.1, 0.15) is 26.2 Å². The second kappa shape index (κ2) is 5.51. The maximum atomic E-state index is 9.09. The Hall–Kier alpha value is -0.120. The summed E-state index contributed by atoms with van der Waals surface area (Å²) in [5.41, 5.74) is 0. The monoisotopic (exact) mass is 173 g/mol. The zero-order valence-electron chi connectivity index (χ0n) is 7.75. The highest BCUT2D eigenvalue weighted by Gasteiger charge is 2.23. The van der Waals surface area contributed by atoms with Crippen LogP contribution in [-0.4, -0.2) is 31.1 Å². The summed E-state index contributed by atoms with van der Waals surface area (Å²) in [7, 11) is 0. The van der Waals surface area contributed by atoms with Crippen LogP contribution in [0.25, 0.3) is 0 Å². The maximum absolute atomic E-state index is 9.09. The number of aliphatic hydroxyl groups is 1. The van der Waals surface area contributed by atoms with Gasteiger partial charge in [-0.15, -0.1) is 0 Å². The van der Waals surface area contributed by atoms with Gasteiger partial charge >= 0.3 is 0 Å². The predicted molar refractivity (Wildman–Crippen MR) is 47.8 cm³/mol. The van der Waals surface area contributed by atoms with Crippen LogP contribution in [0.2, 0.25) is 0 Å². The smallest absolute Gasteiger partial charge is 0.113 e. The van der Waals surface area contributed by atoms with E-state index in [9.17, 15) is 0 Å². The Bertz CT molecular complexity index is 113. The summed E-state index contributed by atoms with van der Waals surface area (Å²) in [5.74, 6) is 0.285. The fraction of sp³-hybridized carbons (Fsp3) is 1.00. The summed E-state index contributed by atoms with van der Waals surface area (Å²) in [6.45, 7) is 4.11. The van der Waals surface area contributed by atoms with E-state index in [1.165, 1.54) is 12.8 Å². The zero-order chi connectivity index (χ0) is 8.81. The SMILES string of the molecule is CCCCC(CO)C1NCCO1. The van der Waals surface area contributed by atoms with E-state index in [0.29, 0.717) is 0 Å². The third kappa shape index (κ3) is 2.73. The Morgan fingerprint density at radius 2 is 2.50 bits per heavy atom. The number of hydrogen-bond donors (Lipinski definition) is 2. The molecule has 0 aliphatic carbocycles. The first-order chi connectivity index (χ1) is 5.88. The van der Waals surface area contributed by atoms with Crippen molar-refractivity contribution in [3.05, 3.63) is 0 Å². The first-order valence-corrected chi connectivity index (χ1v) is 4.84. The van der Waals surface area contributed by atoms with E-state index in [0.717, 1.165) is 19.6 Å². The van der Waals surface area contributed by atoms with E-state index in [1.807, 2.05) is 0 Å². The molecule has 1 fully saturated rings. The molecule has 2 N–H and O–H groups in total. The third-order valence-electron chi connectivity index (χ3n) is 2.34. The lowest BCUT2D eigenvalue weighted by atomic mass is 10.0. The van der Waals surface area contributed by atoms with Crippen molar-refractivity contribution in [3.8, 4) is 0 Å². The van der Waals surface area contributed by atoms with Gasteiger partial charge in [0.1, 0.15) is 6.23 Å². The first-order valence-electron chi connectivity index (χ1n) is 4.84. The Morgan fingerprint density at radius 3 is 3.00 bits per heavy atom. The summed E-state index contributed by atoms with van der Waals surface area (Å²) in [6.07, 6.45) is 3.52. The summed E-state index contributed by atoms with van der Waals surface area (Å²) >= 11 is 0. The molecule has 1 saturated heterocycles. The predicted octanol–water partition coefficient (Wildman–Crippen LogP) is 0.731. The fourth-order valence-corrected chi connectivity index (χ4v) is 1.55. The van der Waals surface area contributed by atoms with Crippen LogP contribution in [0.3, 0.4) is 0 Å². The molecule has 0 saturated carbocycles. The normalized spacial score (nSPS) is 26.0. The van der Waals surface area contributed by atoms with Crippen molar-refractivity contribution in [2.24, 2.45) is 5.92 Å². The Kier molecular flexibility index (Phi) is 4.58. The molecular formula is C9H19NO2. The molecule has 0 spiro atoms. The van der Waals surface area contributed by atoms with Crippen LogP contribution in [-0.2, 0) is 4.74 Å². The molecule has 2 atom stereocenters. The molecule has 0 aromatic rings. The molecule has 72 valence electrons. The topological polar surface area (TPSA) is 41.5 Å². The lowest BCUT2D eigenvalue weighted by Crippen LogP contribution is -2.33. The minimum atomic E-state index is 0.0987. The Morgan fingerprint density at radius 1 is 1.67 bits per heavy atom. The number of aliphatic hydroxyl groups excluding tert-OH is 1. The summed E-state index contributed by atoms with van der Waals surface area (Å²) in [6, 6.07) is 0. The van der Waals surface area contributed by atoms with Gasteiger partial charge in [0.05, 0.1) is 6.61 Å². The number of unbranched alkanes of at least 4 members (excludes halogenated alkanes) is 1. The van der Waals surface area contributed by atoms with Gasteiger partial charge in [0.15, 0.2) is 0 Å². The van der Waals surface area contributed by atoms with Crippen molar-refractivity contribution < 1.29 is 9.84 Å². The average molecular weight is 173 g/mol. The number of nitrogens with one attached hydrogen (secondary N) is 1. The number of hydrogen-bond acceptors (Lipinski definition) is 3. The molecule has 3 nitrogen and oxygen atoms in total. The summed E-state index contributed by atoms with van der Waals surface area (Å²) in [4.78, 5) is 0. The quantitative estimate of drug-likeness (QED) is 0.644. The van der Waals surface area contributed by atoms with E-state index >= 15 is 0 Å². The lowest BCUT2D eigenvalue weighted by Gasteiger charge is -2.20. The maximum Gasteiger partial charge on any atom is 0.113 e. The Labute approximate surface area is 74.1 Å². The van der Waals surface area contributed by atoms with Crippen LogP contribution in [0, 0.1) is 5.92 Å². The molecule has 0 aromatic heterocycles. The highest BCUT2D eigenvalue weighted by Crippen LogP contribution is 2.15. The molecule has 1 heterocycles. The van der Waals surface area contributed by atoms with Crippen LogP contribution >= 0.6 is 0 Å². The highest BCUT2D eigenvalue weighted by molar-refractivity contribution is 4.72. The van der Waals surface area contributed by atoms with Gasteiger partial charge in [-0.1, -0.05) is 19.8 Å². The van der Waals surface area contributed by atoms with Gasteiger partial charge < -0.3 is 9.84 Å². The van der Waals surface area contributed by atoms with Crippen LogP contribution < -0.4 is 5.32 Å². The van der Waals surface area contributed by atoms with Gasteiger partial charge in [0.25, 0.3) is 0 Å². The van der Waals surface area contributed by atoms with Gasteiger partial charge in [0.2, 0.25) is 0 Å². The zero-order valence-corrected chi connectivity index (χ0v) is 7.75. The molecular weight excluding hydrogens is 154 g/mol. The lowest BCUT2D eigenvalue weighted by molar-refractivity contribution is 0.0221. The summed E-state index contributed by atoms with van der Waals surface area (Å²) in [5, 5.41) is 12.3. The standard InChI is InChI=1S/C9H19NO2/c1-2-3-4-8(7-11)9-10-5-6-12-9/h8-11H,2-7H2,1H3. The van der Waals surface area contributed by atoms with Crippen LogP contribution in [0.4, 0.5) is 0 Å². The van der Waals surface area contributed by atoms with Crippen molar-refractivity contribution in [2.45, 2.75) is 32.4 Å². The van der Waals surface area contributed by atoms with Gasteiger partial charge in [-0.25, -0.2) is 0 Å². The van der Waals surface area contributed by atoms with Gasteiger partial charge in [-0.3, -0.25) is 5.32 Å². The molecule has 1 aliphatic rings. The minimum Gasteiger partial charge on any atom is -0.396 e. The van der Waals surface area contributed by atoms with Crippen molar-refractivity contribution >= 4 is 0 Å². The van der Waals surface area contributed by atoms with Gasteiger partial charge in [-0.2, -0.15) is 0 Å². The van der Waals surface area contributed by atoms with Crippen molar-refractivity contribution in [2.75, 3.05) is 19.8 Å². The Balaban J connectivity index is 2.22. The molecule has 1 rings (SSSR count). The first kappa shape index (κ1) is 9.96. The molecule has 1 aliphatic heterocycles. The highest BCUT2D eigenvalue weighted by atomic mass is 16.5. The molecule has 0 amide bonds. The van der Waals surface area contributed by atoms with E-state index in [2.05, 4.69) is 12.2 Å². The largest absolute Gasteiger partial charge is 0.396 e. The molecule has 0 radical (unpaired) electrons. The van der Waals surface area contributed by atoms with Gasteiger partial charge in [0, 0.05) is 19.1 Å². The molecule has 0 bridgehead atoms. The van der Waals surface area contributed by atoms with E-state index < -0.39 is 0 Å².